The summed E-state index contributed by atoms with van der Waals surface area (Å²) >= 11 is 0. The van der Waals surface area contributed by atoms with E-state index in [4.69, 9.17) is 10.0 Å². The molecule has 0 saturated carbocycles. The summed E-state index contributed by atoms with van der Waals surface area (Å²) in [6.07, 6.45) is 0. The van der Waals surface area contributed by atoms with Crippen molar-refractivity contribution >= 4 is 7.40 Å². The van der Waals surface area contributed by atoms with Crippen molar-refractivity contribution in [1.82, 2.24) is 0 Å². The molecular weight excluding hydrogens is 84.7 g/mol. The van der Waals surface area contributed by atoms with E-state index in [0.717, 1.165) is 0 Å². The molecule has 0 bridgehead atoms. The van der Waals surface area contributed by atoms with Crippen LogP contribution in [0.25, 0.3) is 0 Å². The Morgan fingerprint density at radius 3 is 1.50 bits per heavy atom. The third-order valence-corrected chi connectivity index (χ3v) is 0. The molecule has 0 heterocycles. The van der Waals surface area contributed by atoms with Gasteiger partial charge in [0.1, 0.15) is 0 Å². The summed E-state index contributed by atoms with van der Waals surface area (Å²) in [6.45, 7) is 0. The van der Waals surface area contributed by atoms with Crippen LogP contribution >= 0.6 is 0 Å². The molecule has 0 unspecified atom stereocenters. The van der Waals surface area contributed by atoms with Crippen LogP contribution < -0.4 is 18.9 Å². The first-order valence-corrected chi connectivity index (χ1v) is 0.735. The van der Waals surface area contributed by atoms with Crippen molar-refractivity contribution in [2.24, 2.45) is 0 Å². The smallest absolute Gasteiger partial charge is 1.00 e. The average molecular weight is 89.8 g/mol. The van der Waals surface area contributed by atoms with Crippen molar-refractivity contribution in [2.45, 2.75) is 0 Å². The van der Waals surface area contributed by atoms with Crippen molar-refractivity contribution in [2.75, 3.05) is 0 Å². The second kappa shape index (κ2) is 9.08. The van der Waals surface area contributed by atoms with Crippen LogP contribution in [0.15, 0.2) is 0 Å². The summed E-state index contributed by atoms with van der Waals surface area (Å²) in [5.41, 5.74) is 0. The van der Waals surface area contributed by atoms with Gasteiger partial charge in [-0.2, -0.15) is 0 Å². The van der Waals surface area contributed by atoms with Crippen molar-refractivity contribution in [3.63, 3.8) is 0 Å². The van der Waals surface area contributed by atoms with E-state index in [-0.39, 0.29) is 25.8 Å². The van der Waals surface area contributed by atoms with Crippen LogP contribution in [0.2, 0.25) is 0 Å². The van der Waals surface area contributed by atoms with Crippen LogP contribution in [0.1, 0.15) is 1.43 Å². The molecule has 0 amide bonds. The molecule has 6 heteroatoms. The minimum Gasteiger partial charge on any atom is -1.00 e. The predicted octanol–water partition coefficient (Wildman–Crippen LogP) is -4.78. The van der Waals surface area contributed by atoms with Crippen LogP contribution in [0.3, 0.4) is 0 Å². The largest absolute Gasteiger partial charge is 1.00 e. The first kappa shape index (κ1) is 16.1. The molecular formula is H5BFLiO3. The monoisotopic (exact) mass is 90.0 g/mol. The van der Waals surface area contributed by atoms with Gasteiger partial charge in [0.25, 0.3) is 0 Å². The maximum Gasteiger partial charge on any atom is 1.00 e. The number of hydrogen-bond donors (Lipinski definition) is 2. The van der Waals surface area contributed by atoms with Gasteiger partial charge >= 0.3 is 26.3 Å². The molecule has 0 aliphatic heterocycles. The van der Waals surface area contributed by atoms with Gasteiger partial charge in [-0.3, -0.25) is 4.32 Å². The molecule has 0 aliphatic rings. The topological polar surface area (TPSA) is 72.0 Å². The Morgan fingerprint density at radius 1 is 1.50 bits per heavy atom. The zero-order chi connectivity index (χ0) is 3.58. The quantitative estimate of drug-likeness (QED) is 0.293. The molecule has 0 spiro atoms. The Bertz CT molecular complexity index is 19.7. The SMILES string of the molecule is O.OB(O)F.[H-].[Li+]. The average Bonchev–Trinajstić information content (AvgIpc) is 0.811. The van der Waals surface area contributed by atoms with E-state index in [1.54, 1.807) is 0 Å². The molecule has 0 radical (unpaired) electrons. The fourth-order valence-corrected chi connectivity index (χ4v) is 0. The van der Waals surface area contributed by atoms with Crippen LogP contribution in [0.4, 0.5) is 4.32 Å². The van der Waals surface area contributed by atoms with Gasteiger partial charge in [-0.1, -0.05) is 0 Å². The second-order valence-electron chi connectivity index (χ2n) is 0.311. The first-order valence-electron chi connectivity index (χ1n) is 0.735. The molecule has 0 aromatic carbocycles. The van der Waals surface area contributed by atoms with Crippen molar-refractivity contribution < 1.29 is 40.1 Å². The molecule has 6 heavy (non-hydrogen) atoms. The third-order valence-electron chi connectivity index (χ3n) is 0. The minimum absolute atomic E-state index is 0. The zero-order valence-corrected chi connectivity index (χ0v) is 3.35. The minimum atomic E-state index is -2.67. The molecule has 3 nitrogen and oxygen atoms in total. The molecule has 0 aromatic rings. The van der Waals surface area contributed by atoms with Gasteiger partial charge < -0.3 is 17.0 Å². The Kier molecular flexibility index (Phi) is 24.3. The van der Waals surface area contributed by atoms with Gasteiger partial charge in [0, 0.05) is 0 Å². The maximum atomic E-state index is 10.1. The molecule has 34 valence electrons. The second-order valence-corrected chi connectivity index (χ2v) is 0.311. The van der Waals surface area contributed by atoms with Crippen molar-refractivity contribution in [3.05, 3.63) is 0 Å². The molecule has 4 N–H and O–H groups in total. The zero-order valence-electron chi connectivity index (χ0n) is 4.35. The molecule has 0 atom stereocenters. The third kappa shape index (κ3) is 242. The van der Waals surface area contributed by atoms with E-state index >= 15 is 0 Å². The summed E-state index contributed by atoms with van der Waals surface area (Å²) in [5.74, 6) is 0. The van der Waals surface area contributed by atoms with Crippen LogP contribution in [-0.4, -0.2) is 22.9 Å². The number of hydrogen-bond acceptors (Lipinski definition) is 2. The van der Waals surface area contributed by atoms with Gasteiger partial charge in [0.05, 0.1) is 0 Å². The summed E-state index contributed by atoms with van der Waals surface area (Å²) in [5, 5.41) is 13.9. The summed E-state index contributed by atoms with van der Waals surface area (Å²) in [4.78, 5) is 0. The van der Waals surface area contributed by atoms with Gasteiger partial charge in [-0.05, 0) is 0 Å². The van der Waals surface area contributed by atoms with Crippen LogP contribution in [0.5, 0.6) is 0 Å². The van der Waals surface area contributed by atoms with Gasteiger partial charge in [0.2, 0.25) is 0 Å². The van der Waals surface area contributed by atoms with Gasteiger partial charge in [0.15, 0.2) is 0 Å². The maximum absolute atomic E-state index is 10.1. The van der Waals surface area contributed by atoms with Crippen molar-refractivity contribution in [3.8, 4) is 0 Å². The van der Waals surface area contributed by atoms with E-state index in [9.17, 15) is 4.32 Å². The Balaban J connectivity index is -0.0000000150. The van der Waals surface area contributed by atoms with Crippen LogP contribution in [0, 0.1) is 0 Å². The van der Waals surface area contributed by atoms with E-state index in [0.29, 0.717) is 0 Å². The Labute approximate surface area is 48.3 Å². The fourth-order valence-electron chi connectivity index (χ4n) is 0. The summed E-state index contributed by atoms with van der Waals surface area (Å²) in [6, 6.07) is 0. The van der Waals surface area contributed by atoms with Gasteiger partial charge in [-0.15, -0.1) is 0 Å². The molecule has 0 aromatic heterocycles. The molecule has 0 fully saturated rings. The van der Waals surface area contributed by atoms with Crippen molar-refractivity contribution in [1.29, 1.82) is 0 Å². The number of rotatable bonds is 0. The number of halogens is 1. The summed E-state index contributed by atoms with van der Waals surface area (Å²) in [7, 11) is -2.67. The van der Waals surface area contributed by atoms with E-state index in [2.05, 4.69) is 0 Å². The standard InChI is InChI=1S/BFH2O2.Li.H2O.H/c2-1(3)4;;;/h3-4H;;1H2;/q;+1;;-1. The molecule has 0 saturated heterocycles. The van der Waals surface area contributed by atoms with Gasteiger partial charge in [-0.25, -0.2) is 0 Å². The van der Waals surface area contributed by atoms with E-state index in [1.807, 2.05) is 0 Å². The van der Waals surface area contributed by atoms with E-state index < -0.39 is 7.40 Å². The van der Waals surface area contributed by atoms with E-state index in [1.165, 1.54) is 0 Å². The fraction of sp³-hybridized carbons (Fsp3) is 0. The Morgan fingerprint density at radius 2 is 1.50 bits per heavy atom. The van der Waals surface area contributed by atoms with Crippen LogP contribution in [-0.2, 0) is 0 Å². The molecule has 0 rings (SSSR count). The predicted molar refractivity (Wildman–Crippen MR) is 16.0 cm³/mol. The normalized spacial score (nSPS) is 4.50. The molecule has 0 aliphatic carbocycles. The first-order chi connectivity index (χ1) is 1.73. The summed E-state index contributed by atoms with van der Waals surface area (Å²) < 4.78 is 10.1. The Hall–Kier alpha value is 0.472.